The number of benzene rings is 2. The Balaban J connectivity index is 1.73. The Morgan fingerprint density at radius 2 is 1.93 bits per heavy atom. The summed E-state index contributed by atoms with van der Waals surface area (Å²) in [6.45, 7) is 2.35. The molecule has 6 nitrogen and oxygen atoms in total. The summed E-state index contributed by atoms with van der Waals surface area (Å²) in [5.74, 6) is 0.657. The second-order valence-corrected chi connectivity index (χ2v) is 7.26. The molecule has 2 heterocycles. The van der Waals surface area contributed by atoms with Crippen molar-refractivity contribution in [2.75, 3.05) is 6.61 Å². The van der Waals surface area contributed by atoms with Crippen LogP contribution in [0.15, 0.2) is 55.0 Å². The summed E-state index contributed by atoms with van der Waals surface area (Å²) in [5.41, 5.74) is 5.28. The molecule has 146 valence electrons. The van der Waals surface area contributed by atoms with Gasteiger partial charge in [0.1, 0.15) is 17.8 Å². The van der Waals surface area contributed by atoms with Crippen LogP contribution in [0.25, 0.3) is 33.4 Å². The summed E-state index contributed by atoms with van der Waals surface area (Å²) in [6.07, 6.45) is 5.99. The second kappa shape index (κ2) is 7.29. The maximum absolute atomic E-state index is 9.85. The summed E-state index contributed by atoms with van der Waals surface area (Å²) in [6, 6.07) is 14.5. The number of hydrogen-bond acceptors (Lipinski definition) is 5. The third-order valence-electron chi connectivity index (χ3n) is 5.24. The third kappa shape index (κ3) is 3.25. The Bertz CT molecular complexity index is 1170. The van der Waals surface area contributed by atoms with E-state index in [0.29, 0.717) is 18.4 Å². The molecular weight excluding hydrogens is 364 g/mol. The first kappa shape index (κ1) is 17.8. The van der Waals surface area contributed by atoms with E-state index in [2.05, 4.69) is 33.0 Å². The maximum Gasteiger partial charge on any atom is 0.126 e. The molecule has 0 radical (unpaired) electrons. The van der Waals surface area contributed by atoms with Crippen LogP contribution in [0.2, 0.25) is 0 Å². The standard InChI is InChI=1S/C23H22N4O2/c1-2-29-21-11-20-18(10-16(21)13-28)23(25-14-24-20)19-12-27(17-8-9-17)26-22(19)15-6-4-3-5-7-15/h3-7,10-12,14,17,28H,2,8-9,13H2,1H3. The molecule has 6 heteroatoms. The first-order chi connectivity index (χ1) is 14.3. The van der Waals surface area contributed by atoms with Crippen molar-refractivity contribution in [3.05, 3.63) is 60.6 Å². The van der Waals surface area contributed by atoms with Crippen LogP contribution in [0.1, 0.15) is 31.4 Å². The lowest BCUT2D eigenvalue weighted by Crippen LogP contribution is -1.99. The number of rotatable bonds is 6. The quantitative estimate of drug-likeness (QED) is 0.532. The van der Waals surface area contributed by atoms with E-state index in [-0.39, 0.29) is 6.61 Å². The van der Waals surface area contributed by atoms with E-state index in [1.807, 2.05) is 37.3 Å². The van der Waals surface area contributed by atoms with Gasteiger partial charge in [0.15, 0.2) is 0 Å². The lowest BCUT2D eigenvalue weighted by Gasteiger charge is -2.12. The number of hydrogen-bond donors (Lipinski definition) is 1. The van der Waals surface area contributed by atoms with Crippen LogP contribution in [-0.2, 0) is 6.61 Å². The molecule has 1 aliphatic rings. The minimum Gasteiger partial charge on any atom is -0.493 e. The highest BCUT2D eigenvalue weighted by Gasteiger charge is 2.27. The number of fused-ring (bicyclic) bond motifs is 1. The zero-order valence-electron chi connectivity index (χ0n) is 16.2. The third-order valence-corrected chi connectivity index (χ3v) is 5.24. The summed E-state index contributed by atoms with van der Waals surface area (Å²) in [7, 11) is 0. The Morgan fingerprint density at radius 1 is 1.10 bits per heavy atom. The van der Waals surface area contributed by atoms with Gasteiger partial charge in [0.25, 0.3) is 0 Å². The average molecular weight is 386 g/mol. The molecular formula is C23H22N4O2. The molecule has 0 atom stereocenters. The van der Waals surface area contributed by atoms with Crippen molar-refractivity contribution in [3.63, 3.8) is 0 Å². The van der Waals surface area contributed by atoms with E-state index in [0.717, 1.165) is 51.8 Å². The van der Waals surface area contributed by atoms with Crippen LogP contribution in [0, 0.1) is 0 Å². The van der Waals surface area contributed by atoms with Gasteiger partial charge in [0, 0.05) is 34.3 Å². The van der Waals surface area contributed by atoms with Gasteiger partial charge in [0.2, 0.25) is 0 Å². The fourth-order valence-corrected chi connectivity index (χ4v) is 3.66. The molecule has 1 N–H and O–H groups in total. The maximum atomic E-state index is 9.85. The number of aliphatic hydroxyl groups excluding tert-OH is 1. The zero-order chi connectivity index (χ0) is 19.8. The molecule has 2 aromatic heterocycles. The van der Waals surface area contributed by atoms with Crippen molar-refractivity contribution >= 4 is 10.9 Å². The van der Waals surface area contributed by atoms with Crippen LogP contribution >= 0.6 is 0 Å². The molecule has 1 fully saturated rings. The number of aliphatic hydroxyl groups is 1. The Morgan fingerprint density at radius 3 is 2.66 bits per heavy atom. The molecule has 1 saturated carbocycles. The molecule has 0 amide bonds. The van der Waals surface area contributed by atoms with Crippen LogP contribution < -0.4 is 4.74 Å². The van der Waals surface area contributed by atoms with Gasteiger partial charge in [-0.2, -0.15) is 5.10 Å². The number of ether oxygens (including phenoxy) is 1. The normalized spacial score (nSPS) is 13.7. The van der Waals surface area contributed by atoms with Gasteiger partial charge in [-0.05, 0) is 25.8 Å². The monoisotopic (exact) mass is 386 g/mol. The van der Waals surface area contributed by atoms with Gasteiger partial charge in [-0.3, -0.25) is 4.68 Å². The molecule has 0 unspecified atom stereocenters. The van der Waals surface area contributed by atoms with Crippen molar-refractivity contribution in [2.24, 2.45) is 0 Å². The molecule has 4 aromatic rings. The lowest BCUT2D eigenvalue weighted by atomic mass is 10.0. The fraction of sp³-hybridized carbons (Fsp3) is 0.261. The fourth-order valence-electron chi connectivity index (χ4n) is 3.66. The van der Waals surface area contributed by atoms with Crippen LogP contribution in [0.4, 0.5) is 0 Å². The summed E-state index contributed by atoms with van der Waals surface area (Å²) < 4.78 is 7.74. The summed E-state index contributed by atoms with van der Waals surface area (Å²) in [5, 5.41) is 15.6. The van der Waals surface area contributed by atoms with E-state index in [9.17, 15) is 5.11 Å². The molecule has 0 saturated heterocycles. The van der Waals surface area contributed by atoms with Gasteiger partial charge < -0.3 is 9.84 Å². The molecule has 29 heavy (non-hydrogen) atoms. The van der Waals surface area contributed by atoms with Gasteiger partial charge in [-0.1, -0.05) is 30.3 Å². The van der Waals surface area contributed by atoms with Crippen LogP contribution in [0.3, 0.4) is 0 Å². The van der Waals surface area contributed by atoms with Crippen molar-refractivity contribution in [1.29, 1.82) is 0 Å². The lowest BCUT2D eigenvalue weighted by molar-refractivity contribution is 0.267. The topological polar surface area (TPSA) is 73.1 Å². The van der Waals surface area contributed by atoms with Crippen molar-refractivity contribution < 1.29 is 9.84 Å². The van der Waals surface area contributed by atoms with Crippen LogP contribution in [-0.4, -0.2) is 31.5 Å². The minimum absolute atomic E-state index is 0.105. The molecule has 0 aliphatic heterocycles. The highest BCUT2D eigenvalue weighted by molar-refractivity contribution is 5.96. The van der Waals surface area contributed by atoms with Gasteiger partial charge >= 0.3 is 0 Å². The summed E-state index contributed by atoms with van der Waals surface area (Å²) in [4.78, 5) is 9.06. The van der Waals surface area contributed by atoms with Crippen LogP contribution in [0.5, 0.6) is 5.75 Å². The van der Waals surface area contributed by atoms with E-state index in [4.69, 9.17) is 9.84 Å². The number of nitrogens with zero attached hydrogens (tertiary/aromatic N) is 4. The SMILES string of the molecule is CCOc1cc2ncnc(-c3cn(C4CC4)nc3-c3ccccc3)c2cc1CO. The molecule has 1 aliphatic carbocycles. The zero-order valence-corrected chi connectivity index (χ0v) is 16.2. The largest absolute Gasteiger partial charge is 0.493 e. The molecule has 2 aromatic carbocycles. The van der Waals surface area contributed by atoms with E-state index >= 15 is 0 Å². The predicted octanol–water partition coefficient (Wildman–Crippen LogP) is 4.39. The molecule has 0 bridgehead atoms. The summed E-state index contributed by atoms with van der Waals surface area (Å²) >= 11 is 0. The smallest absolute Gasteiger partial charge is 0.126 e. The average Bonchev–Trinajstić information content (AvgIpc) is 3.52. The van der Waals surface area contributed by atoms with E-state index in [1.54, 1.807) is 6.33 Å². The Hall–Kier alpha value is -3.25. The second-order valence-electron chi connectivity index (χ2n) is 7.26. The minimum atomic E-state index is -0.105. The van der Waals surface area contributed by atoms with Gasteiger partial charge in [-0.15, -0.1) is 0 Å². The van der Waals surface area contributed by atoms with Crippen molar-refractivity contribution in [1.82, 2.24) is 19.7 Å². The number of aromatic nitrogens is 4. The highest BCUT2D eigenvalue weighted by atomic mass is 16.5. The predicted molar refractivity (Wildman–Crippen MR) is 112 cm³/mol. The van der Waals surface area contributed by atoms with E-state index in [1.165, 1.54) is 0 Å². The first-order valence-corrected chi connectivity index (χ1v) is 9.94. The van der Waals surface area contributed by atoms with Gasteiger partial charge in [-0.25, -0.2) is 9.97 Å². The Labute approximate surface area is 168 Å². The Kier molecular flexibility index (Phi) is 4.48. The van der Waals surface area contributed by atoms with E-state index < -0.39 is 0 Å². The highest BCUT2D eigenvalue weighted by Crippen LogP contribution is 2.40. The molecule has 5 rings (SSSR count). The van der Waals surface area contributed by atoms with Crippen molar-refractivity contribution in [3.8, 4) is 28.3 Å². The molecule has 0 spiro atoms. The van der Waals surface area contributed by atoms with Gasteiger partial charge in [0.05, 0.1) is 30.5 Å². The van der Waals surface area contributed by atoms with Crippen molar-refractivity contribution in [2.45, 2.75) is 32.4 Å². The first-order valence-electron chi connectivity index (χ1n) is 9.94.